The van der Waals surface area contributed by atoms with Crippen molar-refractivity contribution in [1.82, 2.24) is 4.98 Å². The Kier molecular flexibility index (Phi) is 3.54. The van der Waals surface area contributed by atoms with E-state index in [1.54, 1.807) is 18.0 Å². The van der Waals surface area contributed by atoms with Crippen molar-refractivity contribution in [3.05, 3.63) is 29.4 Å². The first kappa shape index (κ1) is 12.2. The number of anilines is 1. The van der Waals surface area contributed by atoms with Crippen LogP contribution < -0.4 is 5.32 Å². The summed E-state index contributed by atoms with van der Waals surface area (Å²) in [7, 11) is 0. The number of nitrogens with one attached hydrogen (secondary N) is 1. The molecule has 0 saturated heterocycles. The Hall–Kier alpha value is -1.26. The van der Waals surface area contributed by atoms with Crippen molar-refractivity contribution in [2.75, 3.05) is 11.6 Å². The molecular weight excluding hydrogens is 256 g/mol. The third-order valence-electron chi connectivity index (χ3n) is 2.30. The maximum atomic E-state index is 11.1. The van der Waals surface area contributed by atoms with Crippen LogP contribution >= 0.6 is 23.4 Å². The first-order valence-corrected chi connectivity index (χ1v) is 6.62. The summed E-state index contributed by atoms with van der Waals surface area (Å²) in [6.07, 6.45) is 3.63. The van der Waals surface area contributed by atoms with Crippen molar-refractivity contribution in [3.63, 3.8) is 0 Å². The highest BCUT2D eigenvalue weighted by atomic mass is 35.5. The minimum Gasteiger partial charge on any atom is -0.324 e. The van der Waals surface area contributed by atoms with Crippen molar-refractivity contribution in [2.24, 2.45) is 0 Å². The van der Waals surface area contributed by atoms with E-state index in [1.807, 2.05) is 24.5 Å². The first-order valence-electron chi connectivity index (χ1n) is 5.01. The quantitative estimate of drug-likeness (QED) is 0.845. The van der Waals surface area contributed by atoms with Gasteiger partial charge in [0.25, 0.3) is 0 Å². The molecule has 0 fully saturated rings. The zero-order valence-electron chi connectivity index (χ0n) is 9.45. The monoisotopic (exact) mass is 266 g/mol. The SMILES string of the molecule is CSc1c(NC(C)=O)cnc2cc(Cl)ccc12. The van der Waals surface area contributed by atoms with Crippen LogP contribution in [-0.4, -0.2) is 17.1 Å². The summed E-state index contributed by atoms with van der Waals surface area (Å²) >= 11 is 7.50. The van der Waals surface area contributed by atoms with Crippen LogP contribution in [0.2, 0.25) is 5.02 Å². The van der Waals surface area contributed by atoms with Gasteiger partial charge in [0.15, 0.2) is 0 Å². The lowest BCUT2D eigenvalue weighted by molar-refractivity contribution is -0.114. The van der Waals surface area contributed by atoms with Crippen molar-refractivity contribution in [2.45, 2.75) is 11.8 Å². The topological polar surface area (TPSA) is 42.0 Å². The number of fused-ring (bicyclic) bond motifs is 1. The molecule has 0 atom stereocenters. The molecule has 1 N–H and O–H groups in total. The normalized spacial score (nSPS) is 10.5. The van der Waals surface area contributed by atoms with Crippen LogP contribution in [0, 0.1) is 0 Å². The highest BCUT2D eigenvalue weighted by Gasteiger charge is 2.09. The molecule has 0 aliphatic carbocycles. The Morgan fingerprint density at radius 2 is 2.24 bits per heavy atom. The standard InChI is InChI=1S/C12H11ClN2OS/c1-7(16)15-11-6-14-10-5-8(13)3-4-9(10)12(11)17-2/h3-6H,1-2H3,(H,15,16). The molecule has 2 aromatic rings. The van der Waals surface area contributed by atoms with E-state index in [1.165, 1.54) is 6.92 Å². The molecule has 1 aromatic heterocycles. The summed E-state index contributed by atoms with van der Waals surface area (Å²) in [5, 5.41) is 4.43. The number of carbonyl (C=O) groups excluding carboxylic acids is 1. The molecule has 1 heterocycles. The van der Waals surface area contributed by atoms with E-state index in [0.717, 1.165) is 21.5 Å². The van der Waals surface area contributed by atoms with E-state index >= 15 is 0 Å². The van der Waals surface area contributed by atoms with Crippen LogP contribution in [0.25, 0.3) is 10.9 Å². The van der Waals surface area contributed by atoms with E-state index in [0.29, 0.717) is 5.02 Å². The third kappa shape index (κ3) is 2.53. The number of halogens is 1. The Balaban J connectivity index is 2.64. The molecule has 1 amide bonds. The summed E-state index contributed by atoms with van der Waals surface area (Å²) in [4.78, 5) is 16.4. The second-order valence-electron chi connectivity index (χ2n) is 3.55. The molecule has 17 heavy (non-hydrogen) atoms. The molecule has 0 bridgehead atoms. The van der Waals surface area contributed by atoms with Gasteiger partial charge in [-0.05, 0) is 18.4 Å². The lowest BCUT2D eigenvalue weighted by Gasteiger charge is -2.10. The summed E-state index contributed by atoms with van der Waals surface area (Å²) in [5.74, 6) is -0.101. The van der Waals surface area contributed by atoms with E-state index in [9.17, 15) is 4.79 Å². The zero-order chi connectivity index (χ0) is 12.4. The Morgan fingerprint density at radius 3 is 2.88 bits per heavy atom. The molecule has 88 valence electrons. The summed E-state index contributed by atoms with van der Waals surface area (Å²) < 4.78 is 0. The molecule has 2 rings (SSSR count). The van der Waals surface area contributed by atoms with Crippen LogP contribution in [0.15, 0.2) is 29.3 Å². The Morgan fingerprint density at radius 1 is 1.47 bits per heavy atom. The molecule has 0 unspecified atom stereocenters. The number of thioether (sulfide) groups is 1. The van der Waals surface area contributed by atoms with Crippen molar-refractivity contribution < 1.29 is 4.79 Å². The van der Waals surface area contributed by atoms with Gasteiger partial charge in [-0.2, -0.15) is 0 Å². The lowest BCUT2D eigenvalue weighted by Crippen LogP contribution is -2.07. The Bertz CT molecular complexity index is 586. The van der Waals surface area contributed by atoms with Gasteiger partial charge in [0.1, 0.15) is 0 Å². The van der Waals surface area contributed by atoms with Crippen LogP contribution in [0.4, 0.5) is 5.69 Å². The number of hydrogen-bond donors (Lipinski definition) is 1. The fourth-order valence-electron chi connectivity index (χ4n) is 1.64. The van der Waals surface area contributed by atoms with Gasteiger partial charge in [0, 0.05) is 22.2 Å². The maximum absolute atomic E-state index is 11.1. The van der Waals surface area contributed by atoms with Crippen molar-refractivity contribution >= 4 is 45.9 Å². The largest absolute Gasteiger partial charge is 0.324 e. The number of pyridine rings is 1. The molecule has 1 aromatic carbocycles. The molecule has 0 aliphatic rings. The molecule has 0 aliphatic heterocycles. The van der Waals surface area contributed by atoms with Crippen LogP contribution in [0.5, 0.6) is 0 Å². The summed E-state index contributed by atoms with van der Waals surface area (Å²) in [6.45, 7) is 1.48. The number of carbonyl (C=O) groups is 1. The van der Waals surface area contributed by atoms with Crippen molar-refractivity contribution in [1.29, 1.82) is 0 Å². The second-order valence-corrected chi connectivity index (χ2v) is 4.80. The molecule has 5 heteroatoms. The molecule has 0 radical (unpaired) electrons. The van der Waals surface area contributed by atoms with E-state index in [2.05, 4.69) is 10.3 Å². The van der Waals surface area contributed by atoms with E-state index in [4.69, 9.17) is 11.6 Å². The number of rotatable bonds is 2. The second kappa shape index (κ2) is 4.94. The number of amides is 1. The molecule has 0 saturated carbocycles. The predicted octanol–water partition coefficient (Wildman–Crippen LogP) is 3.57. The molecule has 0 spiro atoms. The minimum absolute atomic E-state index is 0.101. The minimum atomic E-state index is -0.101. The number of nitrogens with zero attached hydrogens (tertiary/aromatic N) is 1. The van der Waals surface area contributed by atoms with Gasteiger partial charge < -0.3 is 5.32 Å². The van der Waals surface area contributed by atoms with E-state index in [-0.39, 0.29) is 5.91 Å². The number of benzene rings is 1. The van der Waals surface area contributed by atoms with Gasteiger partial charge in [-0.1, -0.05) is 17.7 Å². The molecular formula is C12H11ClN2OS. The number of hydrogen-bond acceptors (Lipinski definition) is 3. The fraction of sp³-hybridized carbons (Fsp3) is 0.167. The van der Waals surface area contributed by atoms with Crippen LogP contribution in [0.1, 0.15) is 6.92 Å². The smallest absolute Gasteiger partial charge is 0.221 e. The van der Waals surface area contributed by atoms with Gasteiger partial charge in [0.2, 0.25) is 5.91 Å². The lowest BCUT2D eigenvalue weighted by atomic mass is 10.2. The molecule has 3 nitrogen and oxygen atoms in total. The first-order chi connectivity index (χ1) is 8.11. The fourth-order valence-corrected chi connectivity index (χ4v) is 2.52. The average molecular weight is 267 g/mol. The van der Waals surface area contributed by atoms with Gasteiger partial charge >= 0.3 is 0 Å². The predicted molar refractivity (Wildman–Crippen MR) is 72.8 cm³/mol. The summed E-state index contributed by atoms with van der Waals surface area (Å²) in [6, 6.07) is 5.55. The highest BCUT2D eigenvalue weighted by Crippen LogP contribution is 2.33. The van der Waals surface area contributed by atoms with Gasteiger partial charge in [-0.25, -0.2) is 0 Å². The highest BCUT2D eigenvalue weighted by molar-refractivity contribution is 7.99. The maximum Gasteiger partial charge on any atom is 0.221 e. The van der Waals surface area contributed by atoms with Gasteiger partial charge in [-0.15, -0.1) is 11.8 Å². The number of aromatic nitrogens is 1. The Labute approximate surface area is 109 Å². The van der Waals surface area contributed by atoms with Crippen LogP contribution in [0.3, 0.4) is 0 Å². The summed E-state index contributed by atoms with van der Waals surface area (Å²) in [5.41, 5.74) is 1.57. The van der Waals surface area contributed by atoms with Gasteiger partial charge in [-0.3, -0.25) is 9.78 Å². The van der Waals surface area contributed by atoms with Crippen molar-refractivity contribution in [3.8, 4) is 0 Å². The van der Waals surface area contributed by atoms with E-state index < -0.39 is 0 Å². The zero-order valence-corrected chi connectivity index (χ0v) is 11.0. The third-order valence-corrected chi connectivity index (χ3v) is 3.38. The van der Waals surface area contributed by atoms with Gasteiger partial charge in [0.05, 0.1) is 17.4 Å². The average Bonchev–Trinajstić information content (AvgIpc) is 2.28. The van der Waals surface area contributed by atoms with Crippen LogP contribution in [-0.2, 0) is 4.79 Å².